The first-order valence-corrected chi connectivity index (χ1v) is 5.88. The van der Waals surface area contributed by atoms with Crippen LogP contribution in [-0.4, -0.2) is 50.6 Å². The number of rotatable bonds is 8. The molecule has 0 radical (unpaired) electrons. The van der Waals surface area contributed by atoms with Gasteiger partial charge in [-0.1, -0.05) is 5.21 Å². The molecule has 0 aliphatic carbocycles. The van der Waals surface area contributed by atoms with Crippen LogP contribution in [0.25, 0.3) is 0 Å². The highest BCUT2D eigenvalue weighted by molar-refractivity contribution is 5.83. The first-order valence-electron chi connectivity index (χ1n) is 5.88. The summed E-state index contributed by atoms with van der Waals surface area (Å²) in [6.45, 7) is 0.670. The minimum absolute atomic E-state index is 0.0544. The van der Waals surface area contributed by atoms with Gasteiger partial charge in [-0.2, -0.15) is 0 Å². The molecule has 1 heterocycles. The molecule has 0 spiro atoms. The number of urea groups is 1. The van der Waals surface area contributed by atoms with E-state index >= 15 is 0 Å². The Labute approximate surface area is 114 Å². The van der Waals surface area contributed by atoms with Crippen LogP contribution in [0, 0.1) is 0 Å². The van der Waals surface area contributed by atoms with Crippen LogP contribution in [0.4, 0.5) is 4.79 Å². The third-order valence-corrected chi connectivity index (χ3v) is 2.38. The van der Waals surface area contributed by atoms with Gasteiger partial charge >= 0.3 is 12.0 Å². The summed E-state index contributed by atoms with van der Waals surface area (Å²) in [5.74, 6) is -1.85. The fraction of sp³-hybridized carbons (Fsp3) is 0.500. The van der Waals surface area contributed by atoms with E-state index in [1.165, 1.54) is 10.9 Å². The molecule has 3 amide bonds. The molecule has 1 rings (SSSR count). The van der Waals surface area contributed by atoms with Crippen LogP contribution in [0.15, 0.2) is 12.4 Å². The molecule has 1 aromatic rings. The van der Waals surface area contributed by atoms with Crippen molar-refractivity contribution in [3.8, 4) is 0 Å². The van der Waals surface area contributed by atoms with E-state index in [0.717, 1.165) is 0 Å². The van der Waals surface area contributed by atoms with Gasteiger partial charge in [-0.05, 0) is 6.42 Å². The van der Waals surface area contributed by atoms with Crippen LogP contribution in [0.5, 0.6) is 0 Å². The molecular weight excluding hydrogens is 268 g/mol. The summed E-state index contributed by atoms with van der Waals surface area (Å²) in [6, 6.07) is -1.80. The Balaban J connectivity index is 2.30. The van der Waals surface area contributed by atoms with E-state index < -0.39 is 23.9 Å². The van der Waals surface area contributed by atoms with Crippen LogP contribution in [0.1, 0.15) is 12.8 Å². The van der Waals surface area contributed by atoms with Gasteiger partial charge < -0.3 is 21.5 Å². The summed E-state index contributed by atoms with van der Waals surface area (Å²) < 4.78 is 1.52. The van der Waals surface area contributed by atoms with Crippen molar-refractivity contribution in [1.82, 2.24) is 25.6 Å². The monoisotopic (exact) mass is 284 g/mol. The lowest BCUT2D eigenvalue weighted by atomic mass is 10.1. The first kappa shape index (κ1) is 15.4. The molecule has 1 atom stereocenters. The zero-order valence-corrected chi connectivity index (χ0v) is 10.7. The van der Waals surface area contributed by atoms with Gasteiger partial charge in [0.05, 0.1) is 12.7 Å². The Morgan fingerprint density at radius 3 is 2.70 bits per heavy atom. The number of hydrogen-bond acceptors (Lipinski definition) is 5. The predicted octanol–water partition coefficient (Wildman–Crippen LogP) is -1.70. The maximum Gasteiger partial charge on any atom is 0.326 e. The Morgan fingerprint density at radius 2 is 2.15 bits per heavy atom. The summed E-state index contributed by atoms with van der Waals surface area (Å²) in [6.07, 6.45) is 2.97. The van der Waals surface area contributed by atoms with Gasteiger partial charge in [-0.3, -0.25) is 9.48 Å². The minimum Gasteiger partial charge on any atom is -0.480 e. The predicted molar refractivity (Wildman–Crippen MR) is 66.4 cm³/mol. The second kappa shape index (κ2) is 7.71. The van der Waals surface area contributed by atoms with Crippen molar-refractivity contribution in [2.45, 2.75) is 25.4 Å². The highest BCUT2D eigenvalue weighted by atomic mass is 16.4. The minimum atomic E-state index is -1.22. The number of carbonyl (C=O) groups is 3. The number of nitrogens with two attached hydrogens (primary N) is 1. The Hall–Kier alpha value is -2.65. The molecular formula is C10H16N6O4. The molecule has 0 saturated carbocycles. The smallest absolute Gasteiger partial charge is 0.326 e. The van der Waals surface area contributed by atoms with Gasteiger partial charge in [-0.25, -0.2) is 9.59 Å². The number of nitrogens with zero attached hydrogens (tertiary/aromatic N) is 3. The molecule has 10 heteroatoms. The fourth-order valence-corrected chi connectivity index (χ4v) is 1.39. The second-order valence-electron chi connectivity index (χ2n) is 3.96. The molecule has 20 heavy (non-hydrogen) atoms. The maximum atomic E-state index is 11.5. The molecule has 10 nitrogen and oxygen atoms in total. The van der Waals surface area contributed by atoms with Crippen molar-refractivity contribution in [3.05, 3.63) is 12.4 Å². The number of carboxylic acids is 1. The largest absolute Gasteiger partial charge is 0.480 e. The molecule has 0 fully saturated rings. The molecule has 0 aliphatic rings. The fourth-order valence-electron chi connectivity index (χ4n) is 1.39. The van der Waals surface area contributed by atoms with E-state index in [9.17, 15) is 14.4 Å². The van der Waals surface area contributed by atoms with Gasteiger partial charge in [0.2, 0.25) is 5.91 Å². The van der Waals surface area contributed by atoms with Crippen LogP contribution in [0.3, 0.4) is 0 Å². The van der Waals surface area contributed by atoms with E-state index in [2.05, 4.69) is 20.9 Å². The summed E-state index contributed by atoms with van der Waals surface area (Å²) in [7, 11) is 0. The zero-order chi connectivity index (χ0) is 15.0. The van der Waals surface area contributed by atoms with Crippen molar-refractivity contribution in [1.29, 1.82) is 0 Å². The van der Waals surface area contributed by atoms with Crippen molar-refractivity contribution in [2.24, 2.45) is 5.73 Å². The third-order valence-electron chi connectivity index (χ3n) is 2.38. The van der Waals surface area contributed by atoms with Crippen molar-refractivity contribution in [3.63, 3.8) is 0 Å². The van der Waals surface area contributed by atoms with Gasteiger partial charge in [0.1, 0.15) is 6.04 Å². The highest BCUT2D eigenvalue weighted by Crippen LogP contribution is 1.97. The quantitative estimate of drug-likeness (QED) is 0.446. The normalized spacial score (nSPS) is 11.6. The highest BCUT2D eigenvalue weighted by Gasteiger charge is 2.20. The molecule has 0 unspecified atom stereocenters. The SMILES string of the molecule is NC(=O)CC[C@H](NC(=O)NCCn1ccnn1)C(=O)O. The third kappa shape index (κ3) is 5.80. The van der Waals surface area contributed by atoms with Gasteiger partial charge in [0, 0.05) is 19.2 Å². The Morgan fingerprint density at radius 1 is 1.40 bits per heavy atom. The van der Waals surface area contributed by atoms with Crippen LogP contribution in [-0.2, 0) is 16.1 Å². The number of carboxylic acid groups (broad SMARTS) is 1. The number of primary amides is 1. The van der Waals surface area contributed by atoms with E-state index in [-0.39, 0.29) is 19.4 Å². The van der Waals surface area contributed by atoms with Gasteiger partial charge in [0.15, 0.2) is 0 Å². The van der Waals surface area contributed by atoms with Crippen molar-refractivity contribution in [2.75, 3.05) is 6.54 Å². The maximum absolute atomic E-state index is 11.5. The average molecular weight is 284 g/mol. The average Bonchev–Trinajstić information content (AvgIpc) is 2.87. The van der Waals surface area contributed by atoms with E-state index in [1.54, 1.807) is 6.20 Å². The molecule has 0 bridgehead atoms. The lowest BCUT2D eigenvalue weighted by molar-refractivity contribution is -0.139. The summed E-state index contributed by atoms with van der Waals surface area (Å²) in [5.41, 5.74) is 4.93. The second-order valence-corrected chi connectivity index (χ2v) is 3.96. The lowest BCUT2D eigenvalue weighted by Gasteiger charge is -2.14. The zero-order valence-electron chi connectivity index (χ0n) is 10.7. The number of amides is 3. The Bertz CT molecular complexity index is 460. The number of aliphatic carboxylic acids is 1. The number of hydrogen-bond donors (Lipinski definition) is 4. The van der Waals surface area contributed by atoms with Crippen molar-refractivity contribution >= 4 is 17.9 Å². The van der Waals surface area contributed by atoms with Crippen molar-refractivity contribution < 1.29 is 19.5 Å². The molecule has 1 aromatic heterocycles. The topological polar surface area (TPSA) is 152 Å². The van der Waals surface area contributed by atoms with E-state index in [0.29, 0.717) is 6.54 Å². The number of nitrogens with one attached hydrogen (secondary N) is 2. The molecule has 0 saturated heterocycles. The van der Waals surface area contributed by atoms with Gasteiger partial charge in [-0.15, -0.1) is 5.10 Å². The number of carbonyl (C=O) groups excluding carboxylic acids is 2. The van der Waals surface area contributed by atoms with E-state index in [4.69, 9.17) is 10.8 Å². The summed E-state index contributed by atoms with van der Waals surface area (Å²) in [4.78, 5) is 33.0. The lowest BCUT2D eigenvalue weighted by Crippen LogP contribution is -2.47. The van der Waals surface area contributed by atoms with E-state index in [1.807, 2.05) is 0 Å². The summed E-state index contributed by atoms with van der Waals surface area (Å²) >= 11 is 0. The molecule has 110 valence electrons. The van der Waals surface area contributed by atoms with Crippen LogP contribution in [0.2, 0.25) is 0 Å². The summed E-state index contributed by atoms with van der Waals surface area (Å²) in [5, 5.41) is 20.9. The number of aromatic nitrogens is 3. The van der Waals surface area contributed by atoms with Crippen LogP contribution >= 0.6 is 0 Å². The standard InChI is InChI=1S/C10H16N6O4/c11-8(17)2-1-7(9(18)19)14-10(20)12-3-5-16-6-4-13-15-16/h4,6-7H,1-3,5H2,(H2,11,17)(H,18,19)(H2,12,14,20)/t7-/m0/s1. The Kier molecular flexibility index (Phi) is 5.94. The molecule has 0 aliphatic heterocycles. The first-order chi connectivity index (χ1) is 9.49. The molecule has 0 aromatic carbocycles. The van der Waals surface area contributed by atoms with Gasteiger partial charge in [0.25, 0.3) is 0 Å². The molecule has 5 N–H and O–H groups in total. The van der Waals surface area contributed by atoms with Crippen LogP contribution < -0.4 is 16.4 Å².